The average Bonchev–Trinajstić information content (AvgIpc) is 2.74. The molecule has 3 aromatic rings. The van der Waals surface area contributed by atoms with Crippen LogP contribution in [0.1, 0.15) is 27.9 Å². The van der Waals surface area contributed by atoms with Crippen LogP contribution in [0.15, 0.2) is 71.6 Å². The Labute approximate surface area is 173 Å². The molecule has 154 valence electrons. The molecule has 0 fully saturated rings. The lowest BCUT2D eigenvalue weighted by atomic mass is 9.99. The normalized spacial score (nSPS) is 13.7. The number of fused-ring (bicyclic) bond motifs is 1. The van der Waals surface area contributed by atoms with E-state index in [1.54, 1.807) is 54.6 Å². The first-order valence-electron chi connectivity index (χ1n) is 9.52. The van der Waals surface area contributed by atoms with E-state index in [-0.39, 0.29) is 22.2 Å². The Morgan fingerprint density at radius 2 is 1.67 bits per heavy atom. The van der Waals surface area contributed by atoms with Crippen molar-refractivity contribution in [3.05, 3.63) is 95.1 Å². The third kappa shape index (κ3) is 3.98. The molecule has 30 heavy (non-hydrogen) atoms. The van der Waals surface area contributed by atoms with E-state index in [0.717, 1.165) is 6.07 Å². The fraction of sp³-hybridized carbons (Fsp3) is 0.174. The first kappa shape index (κ1) is 20.2. The van der Waals surface area contributed by atoms with Crippen molar-refractivity contribution in [1.82, 2.24) is 0 Å². The molecular weight excluding hydrogens is 408 g/mol. The fourth-order valence-corrected chi connectivity index (χ4v) is 5.02. The quantitative estimate of drug-likeness (QED) is 0.615. The number of benzene rings is 3. The van der Waals surface area contributed by atoms with Gasteiger partial charge in [0.1, 0.15) is 11.6 Å². The Morgan fingerprint density at radius 1 is 0.967 bits per heavy atom. The van der Waals surface area contributed by atoms with Gasteiger partial charge in [0.15, 0.2) is 9.84 Å². The zero-order valence-corrected chi connectivity index (χ0v) is 16.8. The molecule has 0 saturated carbocycles. The molecule has 0 atom stereocenters. The molecule has 0 saturated heterocycles. The predicted octanol–water partition coefficient (Wildman–Crippen LogP) is 4.53. The van der Waals surface area contributed by atoms with Crippen molar-refractivity contribution in [2.45, 2.75) is 23.5 Å². The highest BCUT2D eigenvalue weighted by molar-refractivity contribution is 7.90. The second kappa shape index (κ2) is 7.99. The number of nitrogens with zero attached hydrogens (tertiary/aromatic N) is 1. The summed E-state index contributed by atoms with van der Waals surface area (Å²) in [6, 6.07) is 16.4. The van der Waals surface area contributed by atoms with Crippen LogP contribution >= 0.6 is 0 Å². The third-order valence-corrected chi connectivity index (χ3v) is 6.84. The highest BCUT2D eigenvalue weighted by atomic mass is 32.2. The van der Waals surface area contributed by atoms with E-state index in [4.69, 9.17) is 0 Å². The molecule has 0 spiro atoms. The van der Waals surface area contributed by atoms with Crippen LogP contribution in [-0.2, 0) is 22.0 Å². The minimum Gasteiger partial charge on any atom is -0.308 e. The molecule has 7 heteroatoms. The molecule has 0 bridgehead atoms. The number of hydrogen-bond acceptors (Lipinski definition) is 3. The van der Waals surface area contributed by atoms with Gasteiger partial charge in [-0.15, -0.1) is 0 Å². The van der Waals surface area contributed by atoms with Crippen molar-refractivity contribution >= 4 is 21.4 Å². The number of carbonyl (C=O) groups excluding carboxylic acids is 1. The lowest BCUT2D eigenvalue weighted by Gasteiger charge is -2.30. The van der Waals surface area contributed by atoms with Gasteiger partial charge in [-0.1, -0.05) is 30.3 Å². The van der Waals surface area contributed by atoms with Crippen LogP contribution in [0.4, 0.5) is 14.5 Å². The van der Waals surface area contributed by atoms with Crippen LogP contribution in [0.5, 0.6) is 0 Å². The van der Waals surface area contributed by atoms with Crippen LogP contribution in [0, 0.1) is 11.6 Å². The van der Waals surface area contributed by atoms with Gasteiger partial charge in [-0.05, 0) is 48.7 Å². The van der Waals surface area contributed by atoms with Crippen LogP contribution in [0.25, 0.3) is 0 Å². The summed E-state index contributed by atoms with van der Waals surface area (Å²) in [7, 11) is -3.50. The van der Waals surface area contributed by atoms with E-state index in [1.165, 1.54) is 11.0 Å². The van der Waals surface area contributed by atoms with Gasteiger partial charge in [0, 0.05) is 23.7 Å². The number of hydrogen-bond donors (Lipinski definition) is 0. The Bertz CT molecular complexity index is 1190. The van der Waals surface area contributed by atoms with Crippen LogP contribution < -0.4 is 4.90 Å². The minimum absolute atomic E-state index is 0.186. The van der Waals surface area contributed by atoms with E-state index >= 15 is 0 Å². The topological polar surface area (TPSA) is 54.5 Å². The Kier molecular flexibility index (Phi) is 5.39. The van der Waals surface area contributed by atoms with Gasteiger partial charge < -0.3 is 4.90 Å². The summed E-state index contributed by atoms with van der Waals surface area (Å²) < 4.78 is 52.8. The first-order chi connectivity index (χ1) is 14.3. The second-order valence-electron chi connectivity index (χ2n) is 7.21. The van der Waals surface area contributed by atoms with E-state index < -0.39 is 21.5 Å². The van der Waals surface area contributed by atoms with Crippen LogP contribution in [0.3, 0.4) is 0 Å². The van der Waals surface area contributed by atoms with E-state index in [1.807, 2.05) is 0 Å². The highest BCUT2D eigenvalue weighted by Gasteiger charge is 2.26. The molecule has 1 aliphatic heterocycles. The molecule has 0 aromatic heterocycles. The fourth-order valence-electron chi connectivity index (χ4n) is 3.65. The molecule has 1 aliphatic rings. The molecule has 0 aliphatic carbocycles. The standard InChI is InChI=1S/C23H19F2NO3S/c24-18-13-21(25)20-7-4-12-26(22(20)14-18)23(27)17-10-8-16(9-11-17)15-30(28,29)19-5-2-1-3-6-19/h1-3,5-6,8-11,13-14H,4,7,12,15H2. The molecule has 0 unspecified atom stereocenters. The highest BCUT2D eigenvalue weighted by Crippen LogP contribution is 2.31. The Morgan fingerprint density at radius 3 is 2.37 bits per heavy atom. The number of halogens is 2. The van der Waals surface area contributed by atoms with Gasteiger partial charge in [-0.2, -0.15) is 0 Å². The zero-order chi connectivity index (χ0) is 21.3. The number of rotatable bonds is 4. The third-order valence-electron chi connectivity index (χ3n) is 5.14. The number of carbonyl (C=O) groups is 1. The second-order valence-corrected chi connectivity index (χ2v) is 9.20. The molecule has 4 nitrogen and oxygen atoms in total. The molecule has 0 radical (unpaired) electrons. The number of sulfone groups is 1. The van der Waals surface area contributed by atoms with Crippen molar-refractivity contribution < 1.29 is 22.0 Å². The van der Waals surface area contributed by atoms with Crippen LogP contribution in [0.2, 0.25) is 0 Å². The average molecular weight is 427 g/mol. The minimum atomic E-state index is -3.50. The van der Waals surface area contributed by atoms with Gasteiger partial charge in [-0.25, -0.2) is 17.2 Å². The lowest BCUT2D eigenvalue weighted by Crippen LogP contribution is -2.36. The smallest absolute Gasteiger partial charge is 0.258 e. The maximum atomic E-state index is 14.1. The van der Waals surface area contributed by atoms with Gasteiger partial charge >= 0.3 is 0 Å². The Hall–Kier alpha value is -3.06. The van der Waals surface area contributed by atoms with Crippen LogP contribution in [-0.4, -0.2) is 20.9 Å². The largest absolute Gasteiger partial charge is 0.308 e. The summed E-state index contributed by atoms with van der Waals surface area (Å²) in [6.45, 7) is 0.360. The van der Waals surface area contributed by atoms with E-state index in [9.17, 15) is 22.0 Å². The maximum Gasteiger partial charge on any atom is 0.258 e. The summed E-state index contributed by atoms with van der Waals surface area (Å²) in [4.78, 5) is 14.6. The maximum absolute atomic E-state index is 14.1. The summed E-state index contributed by atoms with van der Waals surface area (Å²) >= 11 is 0. The summed E-state index contributed by atoms with van der Waals surface area (Å²) in [5.41, 5.74) is 1.46. The summed E-state index contributed by atoms with van der Waals surface area (Å²) in [5.74, 6) is -1.94. The van der Waals surface area contributed by atoms with Crippen molar-refractivity contribution in [3.63, 3.8) is 0 Å². The van der Waals surface area contributed by atoms with E-state index in [0.29, 0.717) is 36.1 Å². The van der Waals surface area contributed by atoms with E-state index in [2.05, 4.69) is 0 Å². The van der Waals surface area contributed by atoms with Gasteiger partial charge in [-0.3, -0.25) is 4.79 Å². The van der Waals surface area contributed by atoms with Crippen molar-refractivity contribution in [2.75, 3.05) is 11.4 Å². The molecule has 0 N–H and O–H groups in total. The van der Waals surface area contributed by atoms with Crippen molar-refractivity contribution in [3.8, 4) is 0 Å². The van der Waals surface area contributed by atoms with Crippen molar-refractivity contribution in [1.29, 1.82) is 0 Å². The van der Waals surface area contributed by atoms with Crippen molar-refractivity contribution in [2.24, 2.45) is 0 Å². The number of anilines is 1. The first-order valence-corrected chi connectivity index (χ1v) is 11.2. The summed E-state index contributed by atoms with van der Waals surface area (Å²) in [5, 5.41) is 0. The molecule has 3 aromatic carbocycles. The van der Waals surface area contributed by atoms with Gasteiger partial charge in [0.25, 0.3) is 5.91 Å². The zero-order valence-electron chi connectivity index (χ0n) is 16.0. The molecular formula is C23H19F2NO3S. The molecule has 1 heterocycles. The molecule has 1 amide bonds. The monoisotopic (exact) mass is 427 g/mol. The number of amides is 1. The molecule has 4 rings (SSSR count). The SMILES string of the molecule is O=C(c1ccc(CS(=O)(=O)c2ccccc2)cc1)N1CCCc2c(F)cc(F)cc21. The predicted molar refractivity (Wildman–Crippen MR) is 110 cm³/mol. The van der Waals surface area contributed by atoms with Gasteiger partial charge in [0.2, 0.25) is 0 Å². The lowest BCUT2D eigenvalue weighted by molar-refractivity contribution is 0.0985. The Balaban J connectivity index is 1.57. The summed E-state index contributed by atoms with van der Waals surface area (Å²) in [6.07, 6.45) is 1.02. The van der Waals surface area contributed by atoms with Gasteiger partial charge in [0.05, 0.1) is 16.3 Å².